The summed E-state index contributed by atoms with van der Waals surface area (Å²) in [5.41, 5.74) is 1.29. The average molecular weight is 457 g/mol. The summed E-state index contributed by atoms with van der Waals surface area (Å²) in [5, 5.41) is 12.0. The van der Waals surface area contributed by atoms with Crippen LogP contribution < -0.4 is 15.0 Å². The fraction of sp³-hybridized carbons (Fsp3) is 0.250. The molecule has 158 valence electrons. The maximum Gasteiger partial charge on any atom is 0.296 e. The molecule has 0 spiro atoms. The Morgan fingerprint density at radius 1 is 1.23 bits per heavy atom. The number of rotatable bonds is 6. The Hall–Kier alpha value is -3.26. The first-order valence-electron chi connectivity index (χ1n) is 9.35. The summed E-state index contributed by atoms with van der Waals surface area (Å²) >= 11 is 7.00. The molecule has 1 aromatic carbocycles. The van der Waals surface area contributed by atoms with Gasteiger partial charge in [0.05, 0.1) is 13.2 Å². The van der Waals surface area contributed by atoms with Crippen molar-refractivity contribution in [3.8, 4) is 5.19 Å². The minimum absolute atomic E-state index is 0.229. The number of aromatic nitrogens is 3. The Morgan fingerprint density at radius 2 is 2.00 bits per heavy atom. The summed E-state index contributed by atoms with van der Waals surface area (Å²) in [7, 11) is 0. The van der Waals surface area contributed by atoms with Gasteiger partial charge < -0.3 is 19.2 Å². The van der Waals surface area contributed by atoms with Gasteiger partial charge in [0.15, 0.2) is 0 Å². The molecule has 3 aromatic rings. The van der Waals surface area contributed by atoms with Crippen molar-refractivity contribution in [2.45, 2.75) is 6.61 Å². The van der Waals surface area contributed by atoms with Crippen LogP contribution in [0.1, 0.15) is 15.9 Å². The SMILES string of the molecule is [C-]#[N+]c1ccc(C(=O)Nc2nnc(OCc3ccc(Cl)cc3)s2)c(N2CCOCC2)n1. The maximum atomic E-state index is 12.9. The van der Waals surface area contributed by atoms with E-state index in [4.69, 9.17) is 27.6 Å². The minimum atomic E-state index is -0.383. The molecule has 0 radical (unpaired) electrons. The monoisotopic (exact) mass is 456 g/mol. The van der Waals surface area contributed by atoms with Gasteiger partial charge in [-0.25, -0.2) is 0 Å². The van der Waals surface area contributed by atoms with Crippen LogP contribution in [0.3, 0.4) is 0 Å². The highest BCUT2D eigenvalue weighted by Gasteiger charge is 2.24. The molecule has 1 saturated heterocycles. The molecule has 1 aliphatic heterocycles. The van der Waals surface area contributed by atoms with E-state index in [1.807, 2.05) is 17.0 Å². The highest BCUT2D eigenvalue weighted by molar-refractivity contribution is 7.17. The number of pyridine rings is 1. The molecular formula is C20H17ClN6O3S. The minimum Gasteiger partial charge on any atom is -0.464 e. The van der Waals surface area contributed by atoms with Gasteiger partial charge in [-0.15, -0.1) is 10.1 Å². The van der Waals surface area contributed by atoms with Gasteiger partial charge in [0.25, 0.3) is 16.9 Å². The van der Waals surface area contributed by atoms with Gasteiger partial charge in [-0.1, -0.05) is 41.5 Å². The van der Waals surface area contributed by atoms with Gasteiger partial charge in [0.2, 0.25) is 10.9 Å². The van der Waals surface area contributed by atoms with Crippen LogP contribution in [0, 0.1) is 6.57 Å². The summed E-state index contributed by atoms with van der Waals surface area (Å²) < 4.78 is 11.0. The first-order valence-corrected chi connectivity index (χ1v) is 10.5. The lowest BCUT2D eigenvalue weighted by atomic mass is 10.2. The van der Waals surface area contributed by atoms with Gasteiger partial charge in [0, 0.05) is 18.1 Å². The summed E-state index contributed by atoms with van der Waals surface area (Å²) in [6.07, 6.45) is 0. The summed E-state index contributed by atoms with van der Waals surface area (Å²) in [4.78, 5) is 22.5. The molecule has 1 N–H and O–H groups in total. The predicted molar refractivity (Wildman–Crippen MR) is 117 cm³/mol. The van der Waals surface area contributed by atoms with E-state index in [0.29, 0.717) is 59.6 Å². The van der Waals surface area contributed by atoms with E-state index in [-0.39, 0.29) is 11.7 Å². The van der Waals surface area contributed by atoms with Crippen molar-refractivity contribution in [1.29, 1.82) is 0 Å². The molecule has 11 heteroatoms. The Bertz CT molecular complexity index is 1110. The normalized spacial score (nSPS) is 13.5. The number of anilines is 2. The van der Waals surface area contributed by atoms with Crippen LogP contribution in [-0.4, -0.2) is 47.4 Å². The maximum absolute atomic E-state index is 12.9. The fourth-order valence-corrected chi connectivity index (χ4v) is 3.62. The summed E-state index contributed by atoms with van der Waals surface area (Å²) in [5.74, 6) is 0.302. The van der Waals surface area contributed by atoms with Crippen LogP contribution in [0.25, 0.3) is 4.85 Å². The molecule has 0 bridgehead atoms. The van der Waals surface area contributed by atoms with Crippen LogP contribution in [0.2, 0.25) is 5.02 Å². The molecule has 0 unspecified atom stereocenters. The van der Waals surface area contributed by atoms with Gasteiger partial charge >= 0.3 is 0 Å². The second-order valence-electron chi connectivity index (χ2n) is 6.49. The topological polar surface area (TPSA) is 93.8 Å². The summed E-state index contributed by atoms with van der Waals surface area (Å²) in [6, 6.07) is 10.4. The quantitative estimate of drug-likeness (QED) is 0.563. The average Bonchev–Trinajstić information content (AvgIpc) is 3.26. The van der Waals surface area contributed by atoms with E-state index in [2.05, 4.69) is 25.3 Å². The fourth-order valence-electron chi connectivity index (χ4n) is 2.90. The van der Waals surface area contributed by atoms with Crippen LogP contribution in [0.4, 0.5) is 16.8 Å². The third-order valence-electron chi connectivity index (χ3n) is 4.43. The second-order valence-corrected chi connectivity index (χ2v) is 7.87. The lowest BCUT2D eigenvalue weighted by Crippen LogP contribution is -2.38. The molecule has 1 aliphatic rings. The number of amides is 1. The lowest BCUT2D eigenvalue weighted by molar-refractivity contribution is 0.102. The van der Waals surface area contributed by atoms with Crippen molar-refractivity contribution < 1.29 is 14.3 Å². The molecule has 31 heavy (non-hydrogen) atoms. The van der Waals surface area contributed by atoms with Crippen molar-refractivity contribution in [1.82, 2.24) is 15.2 Å². The number of halogens is 1. The lowest BCUT2D eigenvalue weighted by Gasteiger charge is -2.27. The number of ether oxygens (including phenoxy) is 2. The molecule has 2 aromatic heterocycles. The zero-order valence-electron chi connectivity index (χ0n) is 16.2. The zero-order chi connectivity index (χ0) is 21.6. The molecular weight excluding hydrogens is 440 g/mol. The molecule has 0 aliphatic carbocycles. The van der Waals surface area contributed by atoms with Crippen molar-refractivity contribution in [3.05, 3.63) is 64.0 Å². The Labute approximate surface area is 187 Å². The molecule has 4 rings (SSSR count). The largest absolute Gasteiger partial charge is 0.464 e. The first kappa shape index (κ1) is 21.0. The van der Waals surface area contributed by atoms with Gasteiger partial charge in [-0.05, 0) is 35.1 Å². The zero-order valence-corrected chi connectivity index (χ0v) is 17.8. The standard InChI is InChI=1S/C20H17ClN6O3S/c1-22-16-7-6-15(17(23-16)27-8-10-29-11-9-27)18(28)24-19-25-26-20(31-19)30-12-13-2-4-14(21)5-3-13/h2-7H,8-12H2,(H,24,25,28). The molecule has 9 nitrogen and oxygen atoms in total. The van der Waals surface area contributed by atoms with Crippen LogP contribution in [0.15, 0.2) is 36.4 Å². The van der Waals surface area contributed by atoms with Crippen molar-refractivity contribution in [2.24, 2.45) is 0 Å². The van der Waals surface area contributed by atoms with E-state index >= 15 is 0 Å². The van der Waals surface area contributed by atoms with Crippen LogP contribution >= 0.6 is 22.9 Å². The third-order valence-corrected chi connectivity index (χ3v) is 5.44. The Balaban J connectivity index is 1.45. The van der Waals surface area contributed by atoms with Crippen molar-refractivity contribution >= 4 is 45.6 Å². The van der Waals surface area contributed by atoms with Crippen molar-refractivity contribution in [3.63, 3.8) is 0 Å². The summed E-state index contributed by atoms with van der Waals surface area (Å²) in [6.45, 7) is 9.78. The van der Waals surface area contributed by atoms with Crippen LogP contribution in [-0.2, 0) is 11.3 Å². The highest BCUT2D eigenvalue weighted by Crippen LogP contribution is 2.27. The van der Waals surface area contributed by atoms with E-state index in [9.17, 15) is 4.79 Å². The highest BCUT2D eigenvalue weighted by atomic mass is 35.5. The molecule has 1 fully saturated rings. The van der Waals surface area contributed by atoms with E-state index in [1.165, 1.54) is 6.07 Å². The first-order chi connectivity index (χ1) is 15.1. The smallest absolute Gasteiger partial charge is 0.296 e. The Morgan fingerprint density at radius 3 is 2.74 bits per heavy atom. The molecule has 3 heterocycles. The number of benzene rings is 1. The van der Waals surface area contributed by atoms with Gasteiger partial charge in [-0.3, -0.25) is 10.1 Å². The van der Waals surface area contributed by atoms with E-state index in [0.717, 1.165) is 16.9 Å². The molecule has 0 saturated carbocycles. The third kappa shape index (κ3) is 5.27. The number of hydrogen-bond acceptors (Lipinski definition) is 8. The van der Waals surface area contributed by atoms with E-state index < -0.39 is 0 Å². The number of morpholine rings is 1. The number of carbonyl (C=O) groups excluding carboxylic acids is 1. The number of carbonyl (C=O) groups is 1. The Kier molecular flexibility index (Phi) is 6.57. The van der Waals surface area contributed by atoms with Gasteiger partial charge in [0.1, 0.15) is 12.2 Å². The van der Waals surface area contributed by atoms with Crippen molar-refractivity contribution in [2.75, 3.05) is 36.5 Å². The number of nitrogens with zero attached hydrogens (tertiary/aromatic N) is 5. The predicted octanol–water partition coefficient (Wildman–Crippen LogP) is 3.81. The van der Waals surface area contributed by atoms with Crippen LogP contribution in [0.5, 0.6) is 5.19 Å². The number of hydrogen-bond donors (Lipinski definition) is 1. The molecule has 1 amide bonds. The van der Waals surface area contributed by atoms with Gasteiger partial charge in [-0.2, -0.15) is 0 Å². The molecule has 0 atom stereocenters. The van der Waals surface area contributed by atoms with E-state index in [1.54, 1.807) is 18.2 Å². The second kappa shape index (κ2) is 9.70. The number of nitrogens with one attached hydrogen (secondary N) is 1.